The third-order valence-corrected chi connectivity index (χ3v) is 9.63. The Morgan fingerprint density at radius 1 is 1.00 bits per heavy atom. The van der Waals surface area contributed by atoms with Crippen molar-refractivity contribution in [2.75, 3.05) is 13.1 Å². The number of hydrogen-bond acceptors (Lipinski definition) is 5. The molecule has 3 aliphatic rings. The van der Waals surface area contributed by atoms with Gasteiger partial charge in [0, 0.05) is 35.6 Å². The maximum atomic E-state index is 14.1. The number of nitrogens with one attached hydrogen (secondary N) is 1. The van der Waals surface area contributed by atoms with E-state index in [0.717, 1.165) is 55.0 Å². The quantitative estimate of drug-likeness (QED) is 0.361. The molecule has 0 unspecified atom stereocenters. The number of amides is 2. The van der Waals surface area contributed by atoms with E-state index in [-0.39, 0.29) is 23.9 Å². The number of thiophene rings is 1. The number of rotatable bonds is 9. The number of benzene rings is 1. The van der Waals surface area contributed by atoms with E-state index >= 15 is 0 Å². The molecule has 2 aliphatic carbocycles. The highest BCUT2D eigenvalue weighted by Gasteiger charge is 2.47. The van der Waals surface area contributed by atoms with Crippen molar-refractivity contribution >= 4 is 23.2 Å². The van der Waals surface area contributed by atoms with Crippen molar-refractivity contribution in [2.24, 2.45) is 0 Å². The van der Waals surface area contributed by atoms with Gasteiger partial charge in [-0.2, -0.15) is 0 Å². The Kier molecular flexibility index (Phi) is 7.65. The molecule has 7 heteroatoms. The minimum Gasteiger partial charge on any atom is -0.468 e. The van der Waals surface area contributed by atoms with Gasteiger partial charge in [0.2, 0.25) is 5.91 Å². The van der Waals surface area contributed by atoms with Gasteiger partial charge in [-0.15, -0.1) is 11.3 Å². The molecule has 1 N–H and O–H groups in total. The van der Waals surface area contributed by atoms with Crippen LogP contribution in [0.25, 0.3) is 0 Å². The lowest BCUT2D eigenvalue weighted by molar-refractivity contribution is -0.124. The summed E-state index contributed by atoms with van der Waals surface area (Å²) in [5, 5.41) is 5.35. The normalized spacial score (nSPS) is 22.3. The lowest BCUT2D eigenvalue weighted by atomic mass is 9.80. The smallest absolute Gasteiger partial charge is 0.254 e. The van der Waals surface area contributed by atoms with E-state index in [9.17, 15) is 9.59 Å². The number of furan rings is 1. The molecule has 1 aliphatic heterocycles. The predicted molar refractivity (Wildman–Crippen MR) is 149 cm³/mol. The van der Waals surface area contributed by atoms with E-state index in [0.29, 0.717) is 18.2 Å². The van der Waals surface area contributed by atoms with E-state index < -0.39 is 5.92 Å². The van der Waals surface area contributed by atoms with Crippen molar-refractivity contribution in [1.82, 2.24) is 15.1 Å². The van der Waals surface area contributed by atoms with Crippen LogP contribution >= 0.6 is 11.3 Å². The van der Waals surface area contributed by atoms with Gasteiger partial charge in [0.1, 0.15) is 5.76 Å². The first kappa shape index (κ1) is 25.4. The molecular weight excluding hydrogens is 494 g/mol. The molecule has 200 valence electrons. The van der Waals surface area contributed by atoms with Gasteiger partial charge in [-0.1, -0.05) is 49.9 Å². The number of hydrogen-bond donors (Lipinski definition) is 1. The summed E-state index contributed by atoms with van der Waals surface area (Å²) in [6, 6.07) is 16.3. The van der Waals surface area contributed by atoms with Crippen molar-refractivity contribution in [3.63, 3.8) is 0 Å². The molecule has 2 aromatic heterocycles. The lowest BCUT2D eigenvalue weighted by Gasteiger charge is -2.44. The molecule has 2 amide bonds. The van der Waals surface area contributed by atoms with Gasteiger partial charge in [-0.3, -0.25) is 14.5 Å². The summed E-state index contributed by atoms with van der Waals surface area (Å²) in [6.07, 6.45) is 10.9. The van der Waals surface area contributed by atoms with Gasteiger partial charge in [0.05, 0.1) is 24.8 Å². The Hall–Kier alpha value is -2.90. The second-order valence-electron chi connectivity index (χ2n) is 11.0. The van der Waals surface area contributed by atoms with Crippen LogP contribution in [-0.4, -0.2) is 46.8 Å². The molecule has 0 spiro atoms. The maximum Gasteiger partial charge on any atom is 0.254 e. The average Bonchev–Trinajstić information content (AvgIpc) is 3.76. The zero-order chi connectivity index (χ0) is 25.9. The van der Waals surface area contributed by atoms with Gasteiger partial charge in [-0.05, 0) is 60.9 Å². The molecule has 38 heavy (non-hydrogen) atoms. The highest BCUT2D eigenvalue weighted by Crippen LogP contribution is 2.47. The fourth-order valence-corrected chi connectivity index (χ4v) is 7.74. The SMILES string of the molecule is O=C(NCCN(Cc1ccco1)C1CCCC1)[C@H]1c2ccccc2C(=O)N(C2CCCC2)[C@@H]1c1cccs1. The van der Waals surface area contributed by atoms with E-state index in [1.165, 1.54) is 25.7 Å². The minimum absolute atomic E-state index is 0.00992. The predicted octanol–water partition coefficient (Wildman–Crippen LogP) is 6.13. The molecule has 1 aromatic carbocycles. The van der Waals surface area contributed by atoms with Gasteiger partial charge in [0.25, 0.3) is 5.91 Å². The second-order valence-corrected chi connectivity index (χ2v) is 11.9. The Labute approximate surface area is 229 Å². The molecule has 0 radical (unpaired) electrons. The Morgan fingerprint density at radius 2 is 1.79 bits per heavy atom. The van der Waals surface area contributed by atoms with Gasteiger partial charge < -0.3 is 14.6 Å². The zero-order valence-corrected chi connectivity index (χ0v) is 22.7. The van der Waals surface area contributed by atoms with E-state index in [1.54, 1.807) is 17.6 Å². The molecular formula is C31H37N3O3S. The molecule has 2 atom stereocenters. The fraction of sp³-hybridized carbons (Fsp3) is 0.484. The Morgan fingerprint density at radius 3 is 2.53 bits per heavy atom. The van der Waals surface area contributed by atoms with Gasteiger partial charge in [0.15, 0.2) is 0 Å². The zero-order valence-electron chi connectivity index (χ0n) is 21.9. The molecule has 6 rings (SSSR count). The highest BCUT2D eigenvalue weighted by atomic mass is 32.1. The van der Waals surface area contributed by atoms with E-state index in [1.807, 2.05) is 42.5 Å². The van der Waals surface area contributed by atoms with Crippen molar-refractivity contribution in [3.8, 4) is 0 Å². The summed E-state index contributed by atoms with van der Waals surface area (Å²) in [6.45, 7) is 2.12. The third kappa shape index (κ3) is 5.06. The fourth-order valence-electron chi connectivity index (χ4n) is 6.88. The van der Waals surface area contributed by atoms with Crippen LogP contribution in [0, 0.1) is 0 Å². The second kappa shape index (κ2) is 11.5. The van der Waals surface area contributed by atoms with E-state index in [4.69, 9.17) is 4.42 Å². The van der Waals surface area contributed by atoms with E-state index in [2.05, 4.69) is 26.6 Å². The summed E-state index contributed by atoms with van der Waals surface area (Å²) in [5.41, 5.74) is 1.53. The largest absolute Gasteiger partial charge is 0.468 e. The summed E-state index contributed by atoms with van der Waals surface area (Å²) in [7, 11) is 0. The van der Waals surface area contributed by atoms with Crippen molar-refractivity contribution in [1.29, 1.82) is 0 Å². The van der Waals surface area contributed by atoms with Crippen LogP contribution in [0.3, 0.4) is 0 Å². The molecule has 2 saturated carbocycles. The number of nitrogens with zero attached hydrogens (tertiary/aromatic N) is 2. The molecule has 0 bridgehead atoms. The number of carbonyl (C=O) groups excluding carboxylic acids is 2. The molecule has 3 aromatic rings. The molecule has 0 saturated heterocycles. The molecule has 3 heterocycles. The number of carbonyl (C=O) groups is 2. The first-order valence-electron chi connectivity index (χ1n) is 14.2. The van der Waals surface area contributed by atoms with Crippen LogP contribution in [0.5, 0.6) is 0 Å². The van der Waals surface area contributed by atoms with Crippen LogP contribution in [-0.2, 0) is 11.3 Å². The Bertz CT molecular complexity index is 1210. The third-order valence-electron chi connectivity index (χ3n) is 8.69. The first-order chi connectivity index (χ1) is 18.7. The standard InChI is InChI=1S/C31H37N3O3S/c35-30(32-17-18-33(22-9-1-2-10-22)21-24-13-7-19-37-24)28-25-14-5-6-15-26(25)31(36)34(23-11-3-4-12-23)29(28)27-16-8-20-38-27/h5-8,13-16,19-20,22-23,28-29H,1-4,9-12,17-18,21H2,(H,32,35)/t28-,29+/m0/s1. The maximum absolute atomic E-state index is 14.1. The van der Waals surface area contributed by atoms with Crippen LogP contribution in [0.2, 0.25) is 0 Å². The van der Waals surface area contributed by atoms with Gasteiger partial charge in [-0.25, -0.2) is 0 Å². The minimum atomic E-state index is -0.423. The van der Waals surface area contributed by atoms with Gasteiger partial charge >= 0.3 is 0 Å². The summed E-state index contributed by atoms with van der Waals surface area (Å²) >= 11 is 1.64. The highest BCUT2D eigenvalue weighted by molar-refractivity contribution is 7.10. The monoisotopic (exact) mass is 531 g/mol. The first-order valence-corrected chi connectivity index (χ1v) is 15.1. The van der Waals surface area contributed by atoms with Crippen molar-refractivity contribution in [3.05, 3.63) is 81.9 Å². The van der Waals surface area contributed by atoms with Crippen LogP contribution in [0.1, 0.15) is 89.9 Å². The van der Waals surface area contributed by atoms with Crippen LogP contribution < -0.4 is 5.32 Å². The number of fused-ring (bicyclic) bond motifs is 1. The summed E-state index contributed by atoms with van der Waals surface area (Å²) in [4.78, 5) is 33.5. The van der Waals surface area contributed by atoms with Crippen LogP contribution in [0.4, 0.5) is 0 Å². The molecule has 2 fully saturated rings. The van der Waals surface area contributed by atoms with Crippen LogP contribution in [0.15, 0.2) is 64.6 Å². The Balaban J connectivity index is 1.25. The summed E-state index contributed by atoms with van der Waals surface area (Å²) in [5.74, 6) is 0.623. The molecule has 6 nitrogen and oxygen atoms in total. The average molecular weight is 532 g/mol. The summed E-state index contributed by atoms with van der Waals surface area (Å²) < 4.78 is 5.65. The van der Waals surface area contributed by atoms with Crippen molar-refractivity contribution in [2.45, 2.75) is 82.0 Å². The topological polar surface area (TPSA) is 65.8 Å². The van der Waals surface area contributed by atoms with Crippen molar-refractivity contribution < 1.29 is 14.0 Å². The lowest BCUT2D eigenvalue weighted by Crippen LogP contribution is -2.51.